The van der Waals surface area contributed by atoms with E-state index >= 15 is 0 Å². The molecule has 0 saturated carbocycles. The Morgan fingerprint density at radius 3 is 2.58 bits per heavy atom. The van der Waals surface area contributed by atoms with Gasteiger partial charge in [-0.15, -0.1) is 0 Å². The molecule has 3 rings (SSSR count). The average Bonchev–Trinajstić information content (AvgIpc) is 2.44. The third-order valence-electron chi connectivity index (χ3n) is 3.14. The summed E-state index contributed by atoms with van der Waals surface area (Å²) in [5.41, 5.74) is 1.20. The van der Waals surface area contributed by atoms with E-state index in [9.17, 15) is 9.90 Å². The molecule has 0 radical (unpaired) electrons. The number of Topliss-reactive ketones (excluding diaryl/α,β-unsaturated/α-hetero) is 1. The molecule has 3 nitrogen and oxygen atoms in total. The van der Waals surface area contributed by atoms with E-state index in [2.05, 4.69) is 15.9 Å². The van der Waals surface area contributed by atoms with Crippen LogP contribution in [0.5, 0.6) is 5.75 Å². The first-order valence-corrected chi connectivity index (χ1v) is 6.69. The summed E-state index contributed by atoms with van der Waals surface area (Å²) in [5.74, 6) is 0.198. The molecule has 0 aromatic heterocycles. The molecule has 19 heavy (non-hydrogen) atoms. The van der Waals surface area contributed by atoms with E-state index in [0.29, 0.717) is 11.3 Å². The van der Waals surface area contributed by atoms with E-state index in [1.165, 1.54) is 0 Å². The Bertz CT molecular complexity index is 625. The second kappa shape index (κ2) is 4.79. The Kier molecular flexibility index (Phi) is 3.12. The molecule has 1 N–H and O–H groups in total. The molecule has 4 heteroatoms. The van der Waals surface area contributed by atoms with Gasteiger partial charge in [0.05, 0.1) is 5.56 Å². The van der Waals surface area contributed by atoms with Crippen molar-refractivity contribution in [2.75, 3.05) is 0 Å². The number of rotatable bonds is 1. The second-order valence-corrected chi connectivity index (χ2v) is 5.31. The molecule has 2 aromatic rings. The number of aliphatic hydroxyl groups excluding tert-OH is 1. The maximum Gasteiger partial charge on any atom is 0.199 e. The number of fused-ring (bicyclic) bond motifs is 1. The van der Waals surface area contributed by atoms with E-state index in [4.69, 9.17) is 4.74 Å². The zero-order valence-corrected chi connectivity index (χ0v) is 11.5. The molecule has 2 aromatic carbocycles. The van der Waals surface area contributed by atoms with Crippen molar-refractivity contribution in [3.8, 4) is 5.75 Å². The zero-order chi connectivity index (χ0) is 13.4. The Morgan fingerprint density at radius 2 is 1.84 bits per heavy atom. The maximum atomic E-state index is 12.2. The minimum Gasteiger partial charge on any atom is -0.482 e. The molecule has 1 aliphatic rings. The topological polar surface area (TPSA) is 46.5 Å². The summed E-state index contributed by atoms with van der Waals surface area (Å²) in [7, 11) is 0. The van der Waals surface area contributed by atoms with E-state index in [-0.39, 0.29) is 5.78 Å². The van der Waals surface area contributed by atoms with Crippen LogP contribution in [0.3, 0.4) is 0 Å². The third-order valence-corrected chi connectivity index (χ3v) is 3.64. The summed E-state index contributed by atoms with van der Waals surface area (Å²) in [5, 5.41) is 10.1. The highest BCUT2D eigenvalue weighted by atomic mass is 79.9. The first-order chi connectivity index (χ1) is 9.16. The van der Waals surface area contributed by atoms with Crippen molar-refractivity contribution in [1.82, 2.24) is 0 Å². The molecular formula is C15H11BrO3. The molecule has 1 heterocycles. The molecule has 1 aliphatic heterocycles. The summed E-state index contributed by atoms with van der Waals surface area (Å²) < 4.78 is 6.55. The molecule has 0 bridgehead atoms. The molecule has 2 unspecified atom stereocenters. The predicted octanol–water partition coefficient (Wildman–Crippen LogP) is 3.13. The summed E-state index contributed by atoms with van der Waals surface area (Å²) in [6.07, 6.45) is -1.83. The molecule has 0 spiro atoms. The van der Waals surface area contributed by atoms with Crippen LogP contribution < -0.4 is 4.74 Å². The highest BCUT2D eigenvalue weighted by Crippen LogP contribution is 2.36. The van der Waals surface area contributed by atoms with Gasteiger partial charge in [0.2, 0.25) is 0 Å². The Morgan fingerprint density at radius 1 is 1.11 bits per heavy atom. The lowest BCUT2D eigenvalue weighted by Gasteiger charge is -2.29. The molecule has 0 aliphatic carbocycles. The summed E-state index contributed by atoms with van der Waals surface area (Å²) in [6, 6.07) is 14.5. The van der Waals surface area contributed by atoms with Gasteiger partial charge in [0.1, 0.15) is 5.75 Å². The van der Waals surface area contributed by atoms with Crippen molar-refractivity contribution >= 4 is 21.7 Å². The minimum absolute atomic E-state index is 0.309. The normalized spacial score (nSPS) is 21.7. The highest BCUT2D eigenvalue weighted by molar-refractivity contribution is 9.10. The minimum atomic E-state index is -1.18. The average molecular weight is 319 g/mol. The van der Waals surface area contributed by atoms with Crippen molar-refractivity contribution in [3.05, 3.63) is 64.1 Å². The first-order valence-electron chi connectivity index (χ1n) is 5.90. The summed E-state index contributed by atoms with van der Waals surface area (Å²) in [6.45, 7) is 0. The fraction of sp³-hybridized carbons (Fsp3) is 0.133. The van der Waals surface area contributed by atoms with Crippen LogP contribution in [0.2, 0.25) is 0 Å². The van der Waals surface area contributed by atoms with Gasteiger partial charge in [0, 0.05) is 4.47 Å². The van der Waals surface area contributed by atoms with Gasteiger partial charge in [-0.05, 0) is 23.8 Å². The quantitative estimate of drug-likeness (QED) is 0.878. The van der Waals surface area contributed by atoms with Gasteiger partial charge >= 0.3 is 0 Å². The van der Waals surface area contributed by atoms with Gasteiger partial charge in [-0.25, -0.2) is 0 Å². The second-order valence-electron chi connectivity index (χ2n) is 4.40. The molecular weight excluding hydrogens is 308 g/mol. The van der Waals surface area contributed by atoms with Gasteiger partial charge in [-0.1, -0.05) is 46.3 Å². The van der Waals surface area contributed by atoms with Crippen molar-refractivity contribution < 1.29 is 14.6 Å². The Hall–Kier alpha value is -1.65. The van der Waals surface area contributed by atoms with Crippen LogP contribution >= 0.6 is 15.9 Å². The summed E-state index contributed by atoms with van der Waals surface area (Å²) in [4.78, 5) is 12.2. The molecule has 2 atom stereocenters. The monoisotopic (exact) mass is 318 g/mol. The van der Waals surface area contributed by atoms with Crippen LogP contribution in [0, 0.1) is 0 Å². The maximum absolute atomic E-state index is 12.2. The van der Waals surface area contributed by atoms with Crippen LogP contribution in [-0.2, 0) is 0 Å². The SMILES string of the molecule is O=C1c2cc(Br)ccc2OC(c2ccccc2)C1O. The highest BCUT2D eigenvalue weighted by Gasteiger charge is 2.36. The fourth-order valence-corrected chi connectivity index (χ4v) is 2.55. The molecule has 96 valence electrons. The number of ketones is 1. The number of ether oxygens (including phenoxy) is 1. The lowest BCUT2D eigenvalue weighted by molar-refractivity contribution is 0.0216. The first kappa shape index (κ1) is 12.4. The Balaban J connectivity index is 2.04. The third kappa shape index (κ3) is 2.17. The van der Waals surface area contributed by atoms with Crippen molar-refractivity contribution in [2.24, 2.45) is 0 Å². The lowest BCUT2D eigenvalue weighted by atomic mass is 9.94. The van der Waals surface area contributed by atoms with E-state index in [1.54, 1.807) is 12.1 Å². The van der Waals surface area contributed by atoms with Gasteiger partial charge in [-0.2, -0.15) is 0 Å². The molecule has 0 saturated heterocycles. The number of carbonyl (C=O) groups excluding carboxylic acids is 1. The fourth-order valence-electron chi connectivity index (χ4n) is 2.19. The Labute approximate surface area is 119 Å². The number of halogens is 1. The van der Waals surface area contributed by atoms with Crippen molar-refractivity contribution in [2.45, 2.75) is 12.2 Å². The smallest absolute Gasteiger partial charge is 0.199 e. The van der Waals surface area contributed by atoms with Gasteiger partial charge < -0.3 is 9.84 Å². The van der Waals surface area contributed by atoms with E-state index < -0.39 is 12.2 Å². The number of aliphatic hydroxyl groups is 1. The van der Waals surface area contributed by atoms with Crippen LogP contribution in [0.1, 0.15) is 22.0 Å². The predicted molar refractivity (Wildman–Crippen MR) is 74.3 cm³/mol. The number of carbonyl (C=O) groups is 1. The van der Waals surface area contributed by atoms with Crippen molar-refractivity contribution in [3.63, 3.8) is 0 Å². The van der Waals surface area contributed by atoms with E-state index in [0.717, 1.165) is 10.0 Å². The van der Waals surface area contributed by atoms with Crippen LogP contribution in [0.4, 0.5) is 0 Å². The van der Waals surface area contributed by atoms with E-state index in [1.807, 2.05) is 36.4 Å². The molecule has 0 amide bonds. The number of benzene rings is 2. The van der Waals surface area contributed by atoms with Gasteiger partial charge in [0.15, 0.2) is 18.0 Å². The van der Waals surface area contributed by atoms with Gasteiger partial charge in [0.25, 0.3) is 0 Å². The van der Waals surface area contributed by atoms with Crippen molar-refractivity contribution in [1.29, 1.82) is 0 Å². The van der Waals surface area contributed by atoms with Crippen LogP contribution in [0.25, 0.3) is 0 Å². The standard InChI is InChI=1S/C15H11BrO3/c16-10-6-7-12-11(8-10)13(17)14(18)15(19-12)9-4-2-1-3-5-9/h1-8,14-15,18H. The van der Waals surface area contributed by atoms with Crippen LogP contribution in [-0.4, -0.2) is 17.0 Å². The molecule has 0 fully saturated rings. The number of hydrogen-bond donors (Lipinski definition) is 1. The lowest BCUT2D eigenvalue weighted by Crippen LogP contribution is -2.36. The van der Waals surface area contributed by atoms with Gasteiger partial charge in [-0.3, -0.25) is 4.79 Å². The largest absolute Gasteiger partial charge is 0.482 e. The zero-order valence-electron chi connectivity index (χ0n) is 9.92. The summed E-state index contributed by atoms with van der Waals surface area (Å²) >= 11 is 3.31. The van der Waals surface area contributed by atoms with Crippen LogP contribution in [0.15, 0.2) is 53.0 Å². The number of hydrogen-bond acceptors (Lipinski definition) is 3.